The third-order valence-corrected chi connectivity index (χ3v) is 5.80. The zero-order valence-electron chi connectivity index (χ0n) is 18.7. The normalized spacial score (nSPS) is 10.7. The zero-order valence-corrected chi connectivity index (χ0v) is 19.5. The highest BCUT2D eigenvalue weighted by atomic mass is 32.1. The minimum Gasteiger partial charge on any atom is -0.490 e. The lowest BCUT2D eigenvalue weighted by atomic mass is 10.1. The molecule has 0 radical (unpaired) electrons. The van der Waals surface area contributed by atoms with Crippen molar-refractivity contribution in [1.29, 1.82) is 0 Å². The van der Waals surface area contributed by atoms with Gasteiger partial charge in [-0.1, -0.05) is 35.6 Å². The van der Waals surface area contributed by atoms with Crippen LogP contribution in [0.5, 0.6) is 5.75 Å². The molecular weight excluding hydrogens is 447 g/mol. The lowest BCUT2D eigenvalue weighted by Gasteiger charge is -2.21. The number of halogens is 1. The van der Waals surface area contributed by atoms with Gasteiger partial charge in [-0.05, 0) is 43.7 Å². The Kier molecular flexibility index (Phi) is 8.51. The monoisotopic (exact) mass is 472 g/mol. The molecule has 2 aromatic carbocycles. The quantitative estimate of drug-likeness (QED) is 0.316. The van der Waals surface area contributed by atoms with Gasteiger partial charge in [0, 0.05) is 7.11 Å². The molecule has 0 bridgehead atoms. The van der Waals surface area contributed by atoms with Gasteiger partial charge in [-0.2, -0.15) is 0 Å². The van der Waals surface area contributed by atoms with Crippen molar-refractivity contribution in [2.45, 2.75) is 20.4 Å². The summed E-state index contributed by atoms with van der Waals surface area (Å²) < 4.78 is 29.3. The number of hydrogen-bond donors (Lipinski definition) is 0. The molecule has 0 aliphatic heterocycles. The average molecular weight is 473 g/mol. The number of rotatable bonds is 10. The van der Waals surface area contributed by atoms with E-state index in [1.807, 2.05) is 0 Å². The van der Waals surface area contributed by atoms with Crippen LogP contribution in [0.15, 0.2) is 48.5 Å². The number of methoxy groups -OCH3 is 1. The summed E-state index contributed by atoms with van der Waals surface area (Å²) in [6.07, 6.45) is 0. The number of anilines is 1. The first kappa shape index (κ1) is 24.3. The predicted octanol–water partition coefficient (Wildman–Crippen LogP) is 4.64. The molecular formula is C24H25FN2O5S. The smallest absolute Gasteiger partial charge is 0.350 e. The molecule has 1 heterocycles. The van der Waals surface area contributed by atoms with Gasteiger partial charge in [0.25, 0.3) is 5.91 Å². The standard InChI is InChI=1S/C24H25FN2O5S/c1-4-31-23(29)21-16(2)26-24(33-21)27(15-17-9-11-18(25)12-10-17)22(28)19-7-5-6-8-20(19)32-14-13-30-3/h5-12H,4,13-15H2,1-3H3. The lowest BCUT2D eigenvalue weighted by Crippen LogP contribution is -2.31. The van der Waals surface area contributed by atoms with Crippen molar-refractivity contribution in [2.24, 2.45) is 0 Å². The van der Waals surface area contributed by atoms with Crippen LogP contribution in [0.1, 0.15) is 38.2 Å². The van der Waals surface area contributed by atoms with Crippen LogP contribution in [-0.4, -0.2) is 43.8 Å². The van der Waals surface area contributed by atoms with Gasteiger partial charge in [-0.3, -0.25) is 9.69 Å². The van der Waals surface area contributed by atoms with E-state index in [-0.39, 0.29) is 31.5 Å². The van der Waals surface area contributed by atoms with E-state index < -0.39 is 5.97 Å². The van der Waals surface area contributed by atoms with E-state index in [2.05, 4.69) is 4.98 Å². The molecule has 0 fully saturated rings. The fourth-order valence-corrected chi connectivity index (χ4v) is 3.99. The van der Waals surface area contributed by atoms with Crippen molar-refractivity contribution in [3.63, 3.8) is 0 Å². The number of aromatic nitrogens is 1. The molecule has 0 saturated carbocycles. The molecule has 0 aliphatic carbocycles. The molecule has 1 amide bonds. The number of carbonyl (C=O) groups excluding carboxylic acids is 2. The molecule has 3 aromatic rings. The Bertz CT molecular complexity index is 1100. The van der Waals surface area contributed by atoms with Crippen LogP contribution in [-0.2, 0) is 16.0 Å². The van der Waals surface area contributed by atoms with Gasteiger partial charge >= 0.3 is 5.97 Å². The Morgan fingerprint density at radius 3 is 2.52 bits per heavy atom. The van der Waals surface area contributed by atoms with Crippen LogP contribution in [0.2, 0.25) is 0 Å². The first-order valence-corrected chi connectivity index (χ1v) is 11.2. The summed E-state index contributed by atoms with van der Waals surface area (Å²) in [5, 5.41) is 0.330. The SMILES string of the molecule is CCOC(=O)c1sc(N(Cc2ccc(F)cc2)C(=O)c2ccccc2OCCOC)nc1C. The maximum Gasteiger partial charge on any atom is 0.350 e. The van der Waals surface area contributed by atoms with Crippen LogP contribution in [0.25, 0.3) is 0 Å². The Labute approximate surface area is 195 Å². The topological polar surface area (TPSA) is 78.0 Å². The number of hydrogen-bond acceptors (Lipinski definition) is 7. The van der Waals surface area contributed by atoms with E-state index >= 15 is 0 Å². The average Bonchev–Trinajstić information content (AvgIpc) is 3.20. The van der Waals surface area contributed by atoms with E-state index in [0.29, 0.717) is 39.2 Å². The van der Waals surface area contributed by atoms with Crippen molar-refractivity contribution in [3.05, 3.63) is 76.0 Å². The number of benzene rings is 2. The maximum atomic E-state index is 13.7. The van der Waals surface area contributed by atoms with Crippen LogP contribution in [0.4, 0.5) is 9.52 Å². The number of amides is 1. The first-order chi connectivity index (χ1) is 15.9. The highest BCUT2D eigenvalue weighted by molar-refractivity contribution is 7.17. The van der Waals surface area contributed by atoms with Gasteiger partial charge in [0.05, 0.1) is 31.0 Å². The highest BCUT2D eigenvalue weighted by Crippen LogP contribution is 2.31. The number of aryl methyl sites for hydroxylation is 1. The van der Waals surface area contributed by atoms with Crippen molar-refractivity contribution < 1.29 is 28.2 Å². The van der Waals surface area contributed by atoms with Gasteiger partial charge in [-0.15, -0.1) is 0 Å². The fourth-order valence-electron chi connectivity index (χ4n) is 3.03. The van der Waals surface area contributed by atoms with Crippen LogP contribution >= 0.6 is 11.3 Å². The van der Waals surface area contributed by atoms with Crippen molar-refractivity contribution in [3.8, 4) is 5.75 Å². The fraction of sp³-hybridized carbons (Fsp3) is 0.292. The molecule has 0 aliphatic rings. The third kappa shape index (κ3) is 6.15. The van der Waals surface area contributed by atoms with E-state index in [1.54, 1.807) is 57.4 Å². The van der Waals surface area contributed by atoms with E-state index in [1.165, 1.54) is 17.0 Å². The molecule has 3 rings (SSSR count). The van der Waals surface area contributed by atoms with Crippen LogP contribution in [0, 0.1) is 12.7 Å². The number of nitrogens with zero attached hydrogens (tertiary/aromatic N) is 2. The molecule has 0 N–H and O–H groups in total. The molecule has 174 valence electrons. The molecule has 33 heavy (non-hydrogen) atoms. The van der Waals surface area contributed by atoms with Gasteiger partial charge < -0.3 is 14.2 Å². The predicted molar refractivity (Wildman–Crippen MR) is 124 cm³/mol. The number of carbonyl (C=O) groups is 2. The van der Waals surface area contributed by atoms with Gasteiger partial charge in [-0.25, -0.2) is 14.2 Å². The van der Waals surface area contributed by atoms with E-state index in [4.69, 9.17) is 14.2 Å². The second-order valence-electron chi connectivity index (χ2n) is 6.99. The van der Waals surface area contributed by atoms with Gasteiger partial charge in [0.15, 0.2) is 5.13 Å². The lowest BCUT2D eigenvalue weighted by molar-refractivity contribution is 0.0531. The summed E-state index contributed by atoms with van der Waals surface area (Å²) in [6, 6.07) is 12.7. The second kappa shape index (κ2) is 11.5. The molecule has 0 unspecified atom stereocenters. The van der Waals surface area contributed by atoms with E-state index in [9.17, 15) is 14.0 Å². The third-order valence-electron chi connectivity index (χ3n) is 4.64. The Morgan fingerprint density at radius 1 is 1.09 bits per heavy atom. The molecule has 7 nitrogen and oxygen atoms in total. The minimum absolute atomic E-state index is 0.126. The number of para-hydroxylation sites is 1. The summed E-state index contributed by atoms with van der Waals surface area (Å²) >= 11 is 1.07. The Hall–Kier alpha value is -3.30. The Morgan fingerprint density at radius 2 is 1.82 bits per heavy atom. The van der Waals surface area contributed by atoms with E-state index in [0.717, 1.165) is 11.3 Å². The van der Waals surface area contributed by atoms with Gasteiger partial charge in [0.1, 0.15) is 23.1 Å². The molecule has 0 atom stereocenters. The van der Waals surface area contributed by atoms with Crippen LogP contribution < -0.4 is 9.64 Å². The molecule has 0 spiro atoms. The number of esters is 1. The maximum absolute atomic E-state index is 13.7. The summed E-state index contributed by atoms with van der Waals surface area (Å²) in [6.45, 7) is 4.42. The molecule has 1 aromatic heterocycles. The van der Waals surface area contributed by atoms with Crippen molar-refractivity contribution >= 4 is 28.3 Å². The summed E-state index contributed by atoms with van der Waals surface area (Å²) in [5.74, 6) is -0.821. The molecule has 0 saturated heterocycles. The number of thiazole rings is 1. The van der Waals surface area contributed by atoms with Crippen molar-refractivity contribution in [1.82, 2.24) is 4.98 Å². The highest BCUT2D eigenvalue weighted by Gasteiger charge is 2.27. The van der Waals surface area contributed by atoms with Crippen molar-refractivity contribution in [2.75, 3.05) is 31.8 Å². The Balaban J connectivity index is 1.99. The molecule has 9 heteroatoms. The second-order valence-corrected chi connectivity index (χ2v) is 7.96. The summed E-state index contributed by atoms with van der Waals surface area (Å²) in [5.41, 5.74) is 1.50. The first-order valence-electron chi connectivity index (χ1n) is 10.4. The minimum atomic E-state index is -0.490. The van der Waals surface area contributed by atoms with Crippen LogP contribution in [0.3, 0.4) is 0 Å². The van der Waals surface area contributed by atoms with Gasteiger partial charge in [0.2, 0.25) is 0 Å². The largest absolute Gasteiger partial charge is 0.490 e. The summed E-state index contributed by atoms with van der Waals surface area (Å²) in [7, 11) is 1.57. The summed E-state index contributed by atoms with van der Waals surface area (Å²) in [4.78, 5) is 32.2. The number of ether oxygens (including phenoxy) is 3. The zero-order chi connectivity index (χ0) is 23.8.